The zero-order valence-corrected chi connectivity index (χ0v) is 9.33. The van der Waals surface area contributed by atoms with Crippen molar-refractivity contribution in [2.75, 3.05) is 0 Å². The number of nitro benzene ring substituents is 1. The third-order valence-electron chi connectivity index (χ3n) is 4.15. The molecule has 0 spiro atoms. The molecule has 4 heteroatoms. The normalized spacial score (nSPS) is 30.8. The van der Waals surface area contributed by atoms with Crippen molar-refractivity contribution in [2.24, 2.45) is 11.8 Å². The molecule has 1 aromatic carbocycles. The van der Waals surface area contributed by atoms with Crippen LogP contribution < -0.4 is 0 Å². The highest BCUT2D eigenvalue weighted by Crippen LogP contribution is 2.50. The standard InChI is InChI=1S/C13H13NO3/c15-13-9-3-6-11(13)12(7-9)8-1-4-10(5-2-8)14(16)17/h1-2,4-5,9,11-12H,3,6-7H2/t9-,11+,12-/m1/s1. The fourth-order valence-corrected chi connectivity index (χ4v) is 3.28. The van der Waals surface area contributed by atoms with Gasteiger partial charge < -0.3 is 0 Å². The molecule has 0 unspecified atom stereocenters. The van der Waals surface area contributed by atoms with Gasteiger partial charge in [0.05, 0.1) is 4.92 Å². The van der Waals surface area contributed by atoms with Crippen LogP contribution >= 0.6 is 0 Å². The van der Waals surface area contributed by atoms with E-state index in [1.54, 1.807) is 12.1 Å². The van der Waals surface area contributed by atoms with Crippen molar-refractivity contribution >= 4 is 11.5 Å². The zero-order valence-electron chi connectivity index (χ0n) is 9.33. The summed E-state index contributed by atoms with van der Waals surface area (Å²) in [6.45, 7) is 0. The molecule has 0 saturated heterocycles. The van der Waals surface area contributed by atoms with E-state index in [2.05, 4.69) is 0 Å². The van der Waals surface area contributed by atoms with Gasteiger partial charge in [-0.25, -0.2) is 0 Å². The fraction of sp³-hybridized carbons (Fsp3) is 0.462. The molecule has 0 radical (unpaired) electrons. The molecule has 0 aliphatic heterocycles. The van der Waals surface area contributed by atoms with Crippen LogP contribution in [0.3, 0.4) is 0 Å². The van der Waals surface area contributed by atoms with Crippen molar-refractivity contribution in [1.29, 1.82) is 0 Å². The molecule has 2 saturated carbocycles. The van der Waals surface area contributed by atoms with Crippen LogP contribution in [0.4, 0.5) is 5.69 Å². The van der Waals surface area contributed by atoms with Crippen LogP contribution in [0.15, 0.2) is 24.3 Å². The Morgan fingerprint density at radius 3 is 2.29 bits per heavy atom. The van der Waals surface area contributed by atoms with E-state index in [4.69, 9.17) is 0 Å². The van der Waals surface area contributed by atoms with Crippen molar-refractivity contribution in [3.63, 3.8) is 0 Å². The van der Waals surface area contributed by atoms with Gasteiger partial charge in [-0.15, -0.1) is 0 Å². The summed E-state index contributed by atoms with van der Waals surface area (Å²) in [4.78, 5) is 22.0. The summed E-state index contributed by atoms with van der Waals surface area (Å²) in [6, 6.07) is 6.67. The second-order valence-corrected chi connectivity index (χ2v) is 4.97. The first-order chi connectivity index (χ1) is 8.16. The Labute approximate surface area is 98.8 Å². The molecule has 2 bridgehead atoms. The number of rotatable bonds is 2. The first-order valence-electron chi connectivity index (χ1n) is 5.95. The SMILES string of the molecule is O=C1[C@@H]2CC[C@H]1[C@@H](c1ccc([N+](=O)[O-])cc1)C2. The lowest BCUT2D eigenvalue weighted by atomic mass is 9.83. The van der Waals surface area contributed by atoms with Gasteiger partial charge in [0.25, 0.3) is 5.69 Å². The summed E-state index contributed by atoms with van der Waals surface area (Å²) in [5.74, 6) is 1.12. The number of carbonyl (C=O) groups is 1. The van der Waals surface area contributed by atoms with Crippen LogP contribution in [0, 0.1) is 22.0 Å². The predicted octanol–water partition coefficient (Wildman–Crippen LogP) is 2.68. The molecular weight excluding hydrogens is 218 g/mol. The minimum Gasteiger partial charge on any atom is -0.299 e. The van der Waals surface area contributed by atoms with Gasteiger partial charge in [-0.1, -0.05) is 12.1 Å². The van der Waals surface area contributed by atoms with Crippen molar-refractivity contribution in [2.45, 2.75) is 25.2 Å². The molecule has 0 N–H and O–H groups in total. The molecule has 2 aliphatic carbocycles. The predicted molar refractivity (Wildman–Crippen MR) is 61.7 cm³/mol. The van der Waals surface area contributed by atoms with Crippen LogP contribution in [0.5, 0.6) is 0 Å². The molecule has 4 nitrogen and oxygen atoms in total. The molecule has 17 heavy (non-hydrogen) atoms. The third kappa shape index (κ3) is 1.55. The highest BCUT2D eigenvalue weighted by atomic mass is 16.6. The van der Waals surface area contributed by atoms with Gasteiger partial charge in [0, 0.05) is 24.0 Å². The average molecular weight is 231 g/mol. The molecular formula is C13H13NO3. The van der Waals surface area contributed by atoms with Crippen LogP contribution in [0.2, 0.25) is 0 Å². The Morgan fingerprint density at radius 1 is 1.12 bits per heavy atom. The van der Waals surface area contributed by atoms with Crippen LogP contribution in [-0.4, -0.2) is 10.7 Å². The van der Waals surface area contributed by atoms with E-state index in [-0.39, 0.29) is 17.5 Å². The Hall–Kier alpha value is -1.71. The molecule has 0 amide bonds. The van der Waals surface area contributed by atoms with Gasteiger partial charge >= 0.3 is 0 Å². The van der Waals surface area contributed by atoms with E-state index < -0.39 is 4.92 Å². The first kappa shape index (κ1) is 10.4. The number of nitrogens with zero attached hydrogens (tertiary/aromatic N) is 1. The number of non-ortho nitro benzene ring substituents is 1. The fourth-order valence-electron chi connectivity index (χ4n) is 3.28. The van der Waals surface area contributed by atoms with E-state index in [1.165, 1.54) is 12.1 Å². The number of hydrogen-bond donors (Lipinski definition) is 0. The molecule has 0 aromatic heterocycles. The summed E-state index contributed by atoms with van der Waals surface area (Å²) in [6.07, 6.45) is 2.96. The number of hydrogen-bond acceptors (Lipinski definition) is 3. The summed E-state index contributed by atoms with van der Waals surface area (Å²) in [5.41, 5.74) is 1.19. The van der Waals surface area contributed by atoms with Crippen molar-refractivity contribution in [1.82, 2.24) is 0 Å². The molecule has 0 heterocycles. The monoisotopic (exact) mass is 231 g/mol. The van der Waals surface area contributed by atoms with Gasteiger partial charge in [-0.2, -0.15) is 0 Å². The second kappa shape index (κ2) is 3.65. The van der Waals surface area contributed by atoms with Gasteiger partial charge in [-0.05, 0) is 30.7 Å². The minimum atomic E-state index is -0.393. The highest BCUT2D eigenvalue weighted by molar-refractivity contribution is 5.88. The van der Waals surface area contributed by atoms with Crippen molar-refractivity contribution in [3.05, 3.63) is 39.9 Å². The van der Waals surface area contributed by atoms with Crippen LogP contribution in [0.25, 0.3) is 0 Å². The van der Waals surface area contributed by atoms with Crippen molar-refractivity contribution in [3.8, 4) is 0 Å². The quantitative estimate of drug-likeness (QED) is 0.580. The number of carbonyl (C=O) groups excluding carboxylic acids is 1. The molecule has 3 atom stereocenters. The van der Waals surface area contributed by atoms with E-state index >= 15 is 0 Å². The Morgan fingerprint density at radius 2 is 1.82 bits per heavy atom. The zero-order chi connectivity index (χ0) is 12.0. The van der Waals surface area contributed by atoms with Gasteiger partial charge in [0.2, 0.25) is 0 Å². The lowest BCUT2D eigenvalue weighted by molar-refractivity contribution is -0.384. The molecule has 88 valence electrons. The lowest BCUT2D eigenvalue weighted by Crippen LogP contribution is -2.10. The van der Waals surface area contributed by atoms with Crippen LogP contribution in [-0.2, 0) is 4.79 Å². The van der Waals surface area contributed by atoms with Gasteiger partial charge in [0.1, 0.15) is 5.78 Å². The van der Waals surface area contributed by atoms with E-state index in [0.29, 0.717) is 11.7 Å². The van der Waals surface area contributed by atoms with Crippen LogP contribution in [0.1, 0.15) is 30.7 Å². The Kier molecular flexibility index (Phi) is 2.24. The minimum absolute atomic E-state index is 0.114. The smallest absolute Gasteiger partial charge is 0.269 e. The molecule has 1 aromatic rings. The molecule has 2 aliphatic rings. The Balaban J connectivity index is 1.86. The molecule has 3 rings (SSSR count). The van der Waals surface area contributed by atoms with Gasteiger partial charge in [-0.3, -0.25) is 14.9 Å². The first-order valence-corrected chi connectivity index (χ1v) is 5.95. The summed E-state index contributed by atoms with van der Waals surface area (Å²) >= 11 is 0. The number of ketones is 1. The third-order valence-corrected chi connectivity index (χ3v) is 4.15. The average Bonchev–Trinajstić information content (AvgIpc) is 2.85. The summed E-state index contributed by atoms with van der Waals surface area (Å²) in [5, 5.41) is 10.6. The maximum Gasteiger partial charge on any atom is 0.269 e. The Bertz CT molecular complexity index is 480. The van der Waals surface area contributed by atoms with Crippen molar-refractivity contribution < 1.29 is 9.72 Å². The summed E-state index contributed by atoms with van der Waals surface area (Å²) < 4.78 is 0. The summed E-state index contributed by atoms with van der Waals surface area (Å²) in [7, 11) is 0. The lowest BCUT2D eigenvalue weighted by Gasteiger charge is -2.20. The molecule has 2 fully saturated rings. The van der Waals surface area contributed by atoms with E-state index in [1.807, 2.05) is 0 Å². The van der Waals surface area contributed by atoms with Gasteiger partial charge in [0.15, 0.2) is 0 Å². The van der Waals surface area contributed by atoms with E-state index in [9.17, 15) is 14.9 Å². The number of benzene rings is 1. The number of fused-ring (bicyclic) bond motifs is 2. The second-order valence-electron chi connectivity index (χ2n) is 4.97. The maximum absolute atomic E-state index is 11.8. The number of Topliss-reactive ketones (excluding diaryl/α,β-unsaturated/α-hetero) is 1. The van der Waals surface area contributed by atoms with E-state index in [0.717, 1.165) is 24.8 Å². The highest BCUT2D eigenvalue weighted by Gasteiger charge is 2.47. The number of nitro groups is 1. The maximum atomic E-state index is 11.8. The topological polar surface area (TPSA) is 60.2 Å². The largest absolute Gasteiger partial charge is 0.299 e.